The summed E-state index contributed by atoms with van der Waals surface area (Å²) in [4.78, 5) is 16.7. The summed E-state index contributed by atoms with van der Waals surface area (Å²) in [7, 11) is 1.61. The zero-order valence-corrected chi connectivity index (χ0v) is 15.2. The van der Waals surface area contributed by atoms with E-state index < -0.39 is 0 Å². The topological polar surface area (TPSA) is 60.5 Å². The number of hydrogen-bond donors (Lipinski definition) is 1. The van der Waals surface area contributed by atoms with Gasteiger partial charge in [0.15, 0.2) is 0 Å². The first kappa shape index (κ1) is 18.4. The van der Waals surface area contributed by atoms with E-state index in [9.17, 15) is 4.79 Å². The number of hydrogen-bond acceptors (Lipinski definition) is 4. The molecule has 5 nitrogen and oxygen atoms in total. The van der Waals surface area contributed by atoms with Gasteiger partial charge in [-0.1, -0.05) is 31.4 Å². The molecule has 0 atom stereocenters. The highest BCUT2D eigenvalue weighted by Crippen LogP contribution is 2.32. The molecule has 0 aliphatic heterocycles. The zero-order chi connectivity index (χ0) is 18.2. The molecule has 0 bridgehead atoms. The number of amides is 1. The van der Waals surface area contributed by atoms with Gasteiger partial charge in [0.25, 0.3) is 5.91 Å². The molecular weight excluding hydrogens is 328 g/mol. The van der Waals surface area contributed by atoms with Gasteiger partial charge < -0.3 is 14.8 Å². The van der Waals surface area contributed by atoms with Gasteiger partial charge in [-0.2, -0.15) is 0 Å². The van der Waals surface area contributed by atoms with E-state index in [0.717, 1.165) is 0 Å². The second-order valence-electron chi connectivity index (χ2n) is 6.61. The Kier molecular flexibility index (Phi) is 6.61. The highest BCUT2D eigenvalue weighted by Gasteiger charge is 2.16. The van der Waals surface area contributed by atoms with Gasteiger partial charge in [0.05, 0.1) is 6.61 Å². The van der Waals surface area contributed by atoms with Crippen LogP contribution in [-0.4, -0.2) is 31.2 Å². The number of methoxy groups -OCH3 is 1. The Balaban J connectivity index is 1.64. The predicted octanol–water partition coefficient (Wildman–Crippen LogP) is 4.41. The molecule has 0 saturated heterocycles. The van der Waals surface area contributed by atoms with Crippen LogP contribution in [0.4, 0.5) is 5.69 Å². The summed E-state index contributed by atoms with van der Waals surface area (Å²) < 4.78 is 10.5. The van der Waals surface area contributed by atoms with Gasteiger partial charge in [-0.15, -0.1) is 0 Å². The van der Waals surface area contributed by atoms with E-state index in [1.807, 2.05) is 12.1 Å². The standard InChI is InChI=1S/C21H26N2O3/c1-25-14-15-26-21-19(8-5-13-22-21)23-20(24)18-11-9-17(10-12-18)16-6-3-2-4-7-16/h5,8-13,16H,2-4,6-7,14-15H2,1H3,(H,23,24). The third-order valence-electron chi connectivity index (χ3n) is 4.80. The second kappa shape index (κ2) is 9.34. The van der Waals surface area contributed by atoms with Crippen molar-refractivity contribution in [2.75, 3.05) is 25.6 Å². The van der Waals surface area contributed by atoms with Crippen molar-refractivity contribution < 1.29 is 14.3 Å². The first-order chi connectivity index (χ1) is 12.8. The molecule has 1 aliphatic rings. The third kappa shape index (κ3) is 4.82. The summed E-state index contributed by atoms with van der Waals surface area (Å²) in [6, 6.07) is 11.5. The number of carbonyl (C=O) groups is 1. The van der Waals surface area contributed by atoms with E-state index >= 15 is 0 Å². The Morgan fingerprint density at radius 2 is 1.88 bits per heavy atom. The molecule has 2 aromatic rings. The van der Waals surface area contributed by atoms with Crippen molar-refractivity contribution in [2.45, 2.75) is 38.0 Å². The van der Waals surface area contributed by atoms with Gasteiger partial charge in [-0.3, -0.25) is 4.79 Å². The average Bonchev–Trinajstić information content (AvgIpc) is 2.70. The van der Waals surface area contributed by atoms with E-state index in [-0.39, 0.29) is 5.91 Å². The Morgan fingerprint density at radius 1 is 1.12 bits per heavy atom. The lowest BCUT2D eigenvalue weighted by atomic mass is 9.84. The third-order valence-corrected chi connectivity index (χ3v) is 4.80. The summed E-state index contributed by atoms with van der Waals surface area (Å²) in [5.74, 6) is 0.876. The number of benzene rings is 1. The molecule has 5 heteroatoms. The SMILES string of the molecule is COCCOc1ncccc1NC(=O)c1ccc(C2CCCCC2)cc1. The molecule has 138 valence electrons. The lowest BCUT2D eigenvalue weighted by Crippen LogP contribution is -2.14. The Bertz CT molecular complexity index is 709. The van der Waals surface area contributed by atoms with Crippen molar-refractivity contribution >= 4 is 11.6 Å². The molecule has 0 radical (unpaired) electrons. The number of anilines is 1. The van der Waals surface area contributed by atoms with E-state index in [2.05, 4.69) is 22.4 Å². The number of pyridine rings is 1. The first-order valence-corrected chi connectivity index (χ1v) is 9.26. The maximum Gasteiger partial charge on any atom is 0.255 e. The van der Waals surface area contributed by atoms with Crippen LogP contribution in [0.5, 0.6) is 5.88 Å². The van der Waals surface area contributed by atoms with Crippen molar-refractivity contribution in [1.82, 2.24) is 4.98 Å². The molecule has 1 aromatic carbocycles. The van der Waals surface area contributed by atoms with Crippen LogP contribution < -0.4 is 10.1 Å². The van der Waals surface area contributed by atoms with Crippen LogP contribution >= 0.6 is 0 Å². The fraction of sp³-hybridized carbons (Fsp3) is 0.429. The molecular formula is C21H26N2O3. The van der Waals surface area contributed by atoms with E-state index in [1.54, 1.807) is 25.4 Å². The number of aromatic nitrogens is 1. The Hall–Kier alpha value is -2.40. The van der Waals surface area contributed by atoms with Crippen LogP contribution in [0.25, 0.3) is 0 Å². The van der Waals surface area contributed by atoms with Crippen molar-refractivity contribution in [1.29, 1.82) is 0 Å². The monoisotopic (exact) mass is 354 g/mol. The van der Waals surface area contributed by atoms with Gasteiger partial charge in [-0.25, -0.2) is 4.98 Å². The number of ether oxygens (including phenoxy) is 2. The van der Waals surface area contributed by atoms with Crippen LogP contribution in [0.2, 0.25) is 0 Å². The van der Waals surface area contributed by atoms with Crippen LogP contribution in [0.15, 0.2) is 42.6 Å². The van der Waals surface area contributed by atoms with Crippen molar-refractivity contribution in [3.05, 3.63) is 53.7 Å². The van der Waals surface area contributed by atoms with Gasteiger partial charge >= 0.3 is 0 Å². The minimum absolute atomic E-state index is 0.162. The molecule has 1 aliphatic carbocycles. The van der Waals surface area contributed by atoms with Crippen LogP contribution in [-0.2, 0) is 4.74 Å². The molecule has 1 aromatic heterocycles. The van der Waals surface area contributed by atoms with Crippen LogP contribution in [0, 0.1) is 0 Å². The largest absolute Gasteiger partial charge is 0.474 e. The minimum atomic E-state index is -0.162. The first-order valence-electron chi connectivity index (χ1n) is 9.26. The fourth-order valence-corrected chi connectivity index (χ4v) is 3.36. The van der Waals surface area contributed by atoms with Gasteiger partial charge in [0.1, 0.15) is 12.3 Å². The maximum atomic E-state index is 12.6. The molecule has 1 fully saturated rings. The Morgan fingerprint density at radius 3 is 2.62 bits per heavy atom. The van der Waals surface area contributed by atoms with Crippen molar-refractivity contribution in [3.8, 4) is 5.88 Å². The second-order valence-corrected chi connectivity index (χ2v) is 6.61. The quantitative estimate of drug-likeness (QED) is 0.748. The normalized spacial score (nSPS) is 14.8. The molecule has 0 unspecified atom stereocenters. The lowest BCUT2D eigenvalue weighted by Gasteiger charge is -2.22. The summed E-state index contributed by atoms with van der Waals surface area (Å²) in [6.07, 6.45) is 8.10. The lowest BCUT2D eigenvalue weighted by molar-refractivity contribution is 0.102. The van der Waals surface area contributed by atoms with Gasteiger partial charge in [0, 0.05) is 18.9 Å². The Labute approximate surface area is 154 Å². The highest BCUT2D eigenvalue weighted by atomic mass is 16.5. The van der Waals surface area contributed by atoms with E-state index in [4.69, 9.17) is 9.47 Å². The molecule has 1 N–H and O–H groups in total. The molecule has 3 rings (SSSR count). The molecule has 26 heavy (non-hydrogen) atoms. The minimum Gasteiger partial charge on any atom is -0.474 e. The van der Waals surface area contributed by atoms with E-state index in [0.29, 0.717) is 36.3 Å². The predicted molar refractivity (Wildman–Crippen MR) is 102 cm³/mol. The molecule has 1 heterocycles. The molecule has 0 spiro atoms. The number of rotatable bonds is 7. The zero-order valence-electron chi connectivity index (χ0n) is 15.2. The highest BCUT2D eigenvalue weighted by molar-refractivity contribution is 6.04. The summed E-state index contributed by atoms with van der Waals surface area (Å²) in [5, 5.41) is 2.89. The fourth-order valence-electron chi connectivity index (χ4n) is 3.36. The van der Waals surface area contributed by atoms with Crippen molar-refractivity contribution in [3.63, 3.8) is 0 Å². The maximum absolute atomic E-state index is 12.6. The smallest absolute Gasteiger partial charge is 0.255 e. The van der Waals surface area contributed by atoms with Crippen LogP contribution in [0.1, 0.15) is 53.9 Å². The van der Waals surface area contributed by atoms with Crippen LogP contribution in [0.3, 0.4) is 0 Å². The van der Waals surface area contributed by atoms with E-state index in [1.165, 1.54) is 37.7 Å². The summed E-state index contributed by atoms with van der Waals surface area (Å²) >= 11 is 0. The van der Waals surface area contributed by atoms with Gasteiger partial charge in [-0.05, 0) is 48.6 Å². The number of carbonyl (C=O) groups excluding carboxylic acids is 1. The molecule has 1 saturated carbocycles. The van der Waals surface area contributed by atoms with Gasteiger partial charge in [0.2, 0.25) is 5.88 Å². The number of nitrogens with zero attached hydrogens (tertiary/aromatic N) is 1. The summed E-state index contributed by atoms with van der Waals surface area (Å²) in [5.41, 5.74) is 2.53. The average molecular weight is 354 g/mol. The van der Waals surface area contributed by atoms with Crippen molar-refractivity contribution in [2.24, 2.45) is 0 Å². The summed E-state index contributed by atoms with van der Waals surface area (Å²) in [6.45, 7) is 0.846. The number of nitrogens with one attached hydrogen (secondary N) is 1. The molecule has 1 amide bonds.